The molecule has 134 valence electrons. The number of carbonyl (C=O) groups excluding carboxylic acids is 1. The largest absolute Gasteiger partial charge is 0.284 e. The SMILES string of the molecule is CCC(=O)N(c1nnc(SCn2nnc3ccccc3c2=O)s1)C1CC1. The van der Waals surface area contributed by atoms with E-state index in [1.165, 1.54) is 27.8 Å². The minimum Gasteiger partial charge on any atom is -0.284 e. The zero-order valence-electron chi connectivity index (χ0n) is 14.0. The molecule has 0 N–H and O–H groups in total. The summed E-state index contributed by atoms with van der Waals surface area (Å²) in [4.78, 5) is 26.4. The molecule has 0 unspecified atom stereocenters. The average Bonchev–Trinajstić information content (AvgIpc) is 3.39. The Hall–Kier alpha value is -2.33. The van der Waals surface area contributed by atoms with Crippen LogP contribution in [-0.4, -0.2) is 37.1 Å². The molecule has 1 aliphatic carbocycles. The number of amides is 1. The first-order valence-electron chi connectivity index (χ1n) is 8.28. The van der Waals surface area contributed by atoms with E-state index in [-0.39, 0.29) is 23.4 Å². The molecule has 4 rings (SSSR count). The lowest BCUT2D eigenvalue weighted by atomic mass is 10.2. The number of fused-ring (bicyclic) bond motifs is 1. The Morgan fingerprint density at radius 1 is 1.31 bits per heavy atom. The van der Waals surface area contributed by atoms with Crippen LogP contribution in [0.25, 0.3) is 10.9 Å². The molecule has 1 saturated carbocycles. The number of rotatable bonds is 6. The van der Waals surface area contributed by atoms with Crippen LogP contribution in [0.2, 0.25) is 0 Å². The maximum Gasteiger partial charge on any atom is 0.278 e. The zero-order valence-corrected chi connectivity index (χ0v) is 15.7. The van der Waals surface area contributed by atoms with Crippen molar-refractivity contribution < 1.29 is 4.79 Å². The Morgan fingerprint density at radius 2 is 2.12 bits per heavy atom. The highest BCUT2D eigenvalue weighted by Gasteiger charge is 2.35. The van der Waals surface area contributed by atoms with Gasteiger partial charge in [-0.05, 0) is 25.0 Å². The highest BCUT2D eigenvalue weighted by atomic mass is 32.2. The Morgan fingerprint density at radius 3 is 2.88 bits per heavy atom. The Labute approximate surface area is 157 Å². The number of benzene rings is 1. The molecule has 1 fully saturated rings. The van der Waals surface area contributed by atoms with Gasteiger partial charge in [-0.2, -0.15) is 4.68 Å². The van der Waals surface area contributed by atoms with E-state index in [0.717, 1.165) is 12.8 Å². The molecular formula is C16H16N6O2S2. The minimum atomic E-state index is -0.186. The quantitative estimate of drug-likeness (QED) is 0.472. The summed E-state index contributed by atoms with van der Waals surface area (Å²) in [6, 6.07) is 7.37. The van der Waals surface area contributed by atoms with Crippen molar-refractivity contribution in [1.82, 2.24) is 25.2 Å². The standard InChI is InChI=1S/C16H16N6O2S2/c1-2-13(23)22(10-7-8-10)15-18-19-16(26-15)25-9-21-14(24)11-5-3-4-6-12(11)17-20-21/h3-6,10H,2,7-9H2,1H3. The van der Waals surface area contributed by atoms with Gasteiger partial charge >= 0.3 is 0 Å². The van der Waals surface area contributed by atoms with Crippen LogP contribution in [0, 0.1) is 0 Å². The van der Waals surface area contributed by atoms with Crippen LogP contribution in [0.1, 0.15) is 26.2 Å². The van der Waals surface area contributed by atoms with Gasteiger partial charge in [0.25, 0.3) is 5.56 Å². The lowest BCUT2D eigenvalue weighted by Gasteiger charge is -2.17. The predicted octanol–water partition coefficient (Wildman–Crippen LogP) is 2.30. The molecule has 2 aromatic heterocycles. The summed E-state index contributed by atoms with van der Waals surface area (Å²) >= 11 is 2.72. The fourth-order valence-corrected chi connectivity index (χ4v) is 4.34. The second-order valence-corrected chi connectivity index (χ2v) is 8.03. The Balaban J connectivity index is 1.51. The first kappa shape index (κ1) is 17.1. The molecule has 0 atom stereocenters. The summed E-state index contributed by atoms with van der Waals surface area (Å²) in [6.07, 6.45) is 2.46. The van der Waals surface area contributed by atoms with Gasteiger partial charge in [0, 0.05) is 12.5 Å². The summed E-state index contributed by atoms with van der Waals surface area (Å²) in [5.74, 6) is 0.355. The highest BCUT2D eigenvalue weighted by molar-refractivity contribution is 8.00. The summed E-state index contributed by atoms with van der Waals surface area (Å²) in [5.41, 5.74) is 0.392. The van der Waals surface area contributed by atoms with Crippen LogP contribution in [0.5, 0.6) is 0 Å². The molecule has 1 aromatic carbocycles. The molecule has 1 amide bonds. The van der Waals surface area contributed by atoms with E-state index in [1.807, 2.05) is 13.0 Å². The first-order chi connectivity index (χ1) is 12.7. The van der Waals surface area contributed by atoms with Gasteiger partial charge in [0.2, 0.25) is 11.0 Å². The summed E-state index contributed by atoms with van der Waals surface area (Å²) < 4.78 is 2.00. The lowest BCUT2D eigenvalue weighted by molar-refractivity contribution is -0.118. The second kappa shape index (κ2) is 7.12. The average molecular weight is 388 g/mol. The summed E-state index contributed by atoms with van der Waals surface area (Å²) in [6.45, 7) is 1.85. The van der Waals surface area contributed by atoms with Crippen LogP contribution in [-0.2, 0) is 10.7 Å². The molecule has 2 heterocycles. The number of thioether (sulfide) groups is 1. The number of hydrogen-bond donors (Lipinski definition) is 0. The maximum atomic E-state index is 12.5. The maximum absolute atomic E-state index is 12.5. The van der Waals surface area contributed by atoms with Crippen molar-refractivity contribution in [2.24, 2.45) is 0 Å². The number of carbonyl (C=O) groups is 1. The van der Waals surface area contributed by atoms with Gasteiger partial charge in [-0.15, -0.1) is 15.3 Å². The van der Waals surface area contributed by atoms with Gasteiger partial charge in [0.05, 0.1) is 11.3 Å². The van der Waals surface area contributed by atoms with E-state index in [2.05, 4.69) is 20.5 Å². The van der Waals surface area contributed by atoms with Crippen LogP contribution in [0.3, 0.4) is 0 Å². The molecule has 0 spiro atoms. The molecular weight excluding hydrogens is 372 g/mol. The van der Waals surface area contributed by atoms with E-state index >= 15 is 0 Å². The first-order valence-corrected chi connectivity index (χ1v) is 10.1. The lowest BCUT2D eigenvalue weighted by Crippen LogP contribution is -2.32. The van der Waals surface area contributed by atoms with E-state index in [1.54, 1.807) is 23.1 Å². The van der Waals surface area contributed by atoms with Gasteiger partial charge in [-0.25, -0.2) is 0 Å². The topological polar surface area (TPSA) is 93.9 Å². The zero-order chi connectivity index (χ0) is 18.1. The van der Waals surface area contributed by atoms with Crippen LogP contribution in [0.15, 0.2) is 33.4 Å². The van der Waals surface area contributed by atoms with Crippen LogP contribution in [0.4, 0.5) is 5.13 Å². The van der Waals surface area contributed by atoms with Gasteiger partial charge in [-0.1, -0.05) is 47.4 Å². The Bertz CT molecular complexity index is 1010. The number of anilines is 1. The summed E-state index contributed by atoms with van der Waals surface area (Å²) in [7, 11) is 0. The van der Waals surface area contributed by atoms with Gasteiger partial charge in [-0.3, -0.25) is 14.5 Å². The van der Waals surface area contributed by atoms with Crippen molar-refractivity contribution in [3.8, 4) is 0 Å². The normalized spacial score (nSPS) is 13.9. The molecule has 8 nitrogen and oxygen atoms in total. The molecule has 0 radical (unpaired) electrons. The number of nitrogens with zero attached hydrogens (tertiary/aromatic N) is 6. The Kier molecular flexibility index (Phi) is 4.68. The fourth-order valence-electron chi connectivity index (χ4n) is 2.55. The molecule has 0 saturated heterocycles. The molecule has 0 aliphatic heterocycles. The van der Waals surface area contributed by atoms with Crippen molar-refractivity contribution in [2.75, 3.05) is 4.90 Å². The van der Waals surface area contributed by atoms with Crippen molar-refractivity contribution in [3.05, 3.63) is 34.6 Å². The molecule has 3 aromatic rings. The molecule has 1 aliphatic rings. The highest BCUT2D eigenvalue weighted by Crippen LogP contribution is 2.36. The number of hydrogen-bond acceptors (Lipinski definition) is 8. The van der Waals surface area contributed by atoms with E-state index in [9.17, 15) is 9.59 Å². The van der Waals surface area contributed by atoms with Gasteiger partial charge in [0.15, 0.2) is 4.34 Å². The molecule has 10 heteroatoms. The van der Waals surface area contributed by atoms with E-state index in [0.29, 0.717) is 26.8 Å². The second-order valence-electron chi connectivity index (χ2n) is 5.88. The number of aromatic nitrogens is 5. The third kappa shape index (κ3) is 3.34. The monoisotopic (exact) mass is 388 g/mol. The predicted molar refractivity (Wildman–Crippen MR) is 100 cm³/mol. The van der Waals surface area contributed by atoms with E-state index in [4.69, 9.17) is 0 Å². The smallest absolute Gasteiger partial charge is 0.278 e. The molecule has 26 heavy (non-hydrogen) atoms. The van der Waals surface area contributed by atoms with Gasteiger partial charge in [0.1, 0.15) is 5.52 Å². The minimum absolute atomic E-state index is 0.0665. The third-order valence-electron chi connectivity index (χ3n) is 4.02. The fraction of sp³-hybridized carbons (Fsp3) is 0.375. The van der Waals surface area contributed by atoms with Crippen molar-refractivity contribution in [2.45, 2.75) is 42.4 Å². The van der Waals surface area contributed by atoms with Crippen molar-refractivity contribution >= 4 is 45.0 Å². The summed E-state index contributed by atoms with van der Waals surface area (Å²) in [5, 5.41) is 17.5. The van der Waals surface area contributed by atoms with Crippen molar-refractivity contribution in [1.29, 1.82) is 0 Å². The third-order valence-corrected chi connectivity index (χ3v) is 6.05. The van der Waals surface area contributed by atoms with E-state index < -0.39 is 0 Å². The van der Waals surface area contributed by atoms with Crippen LogP contribution >= 0.6 is 23.1 Å². The van der Waals surface area contributed by atoms with Crippen LogP contribution < -0.4 is 10.5 Å². The van der Waals surface area contributed by atoms with Gasteiger partial charge < -0.3 is 0 Å². The van der Waals surface area contributed by atoms with Crippen molar-refractivity contribution in [3.63, 3.8) is 0 Å². The molecule has 0 bridgehead atoms.